The Kier molecular flexibility index (Phi) is 3.65. The summed E-state index contributed by atoms with van der Waals surface area (Å²) >= 11 is 1.46. The summed E-state index contributed by atoms with van der Waals surface area (Å²) in [6.45, 7) is 4.93. The second kappa shape index (κ2) is 5.56. The van der Waals surface area contributed by atoms with Crippen LogP contribution in [0.15, 0.2) is 10.9 Å². The van der Waals surface area contributed by atoms with E-state index in [1.165, 1.54) is 22.3 Å². The van der Waals surface area contributed by atoms with Gasteiger partial charge in [-0.1, -0.05) is 24.7 Å². The Labute approximate surface area is 138 Å². The van der Waals surface area contributed by atoms with Crippen molar-refractivity contribution in [1.29, 1.82) is 0 Å². The van der Waals surface area contributed by atoms with E-state index in [0.29, 0.717) is 22.5 Å². The summed E-state index contributed by atoms with van der Waals surface area (Å²) < 4.78 is 7.06. The summed E-state index contributed by atoms with van der Waals surface area (Å²) in [5.74, 6) is 0. The fraction of sp³-hybridized carbons (Fsp3) is 0.688. The first kappa shape index (κ1) is 15.1. The van der Waals surface area contributed by atoms with E-state index >= 15 is 0 Å². The highest BCUT2D eigenvalue weighted by atomic mass is 32.1. The molecule has 1 unspecified atom stereocenters. The van der Waals surface area contributed by atoms with Gasteiger partial charge in [-0.15, -0.1) is 5.10 Å². The first-order valence-corrected chi connectivity index (χ1v) is 9.23. The van der Waals surface area contributed by atoms with E-state index in [1.54, 1.807) is 6.07 Å². The van der Waals surface area contributed by atoms with Crippen LogP contribution >= 0.6 is 11.3 Å². The normalized spacial score (nSPS) is 29.0. The molecule has 2 aliphatic rings. The monoisotopic (exact) mass is 334 g/mol. The van der Waals surface area contributed by atoms with Gasteiger partial charge in [0.2, 0.25) is 10.1 Å². The number of aromatic nitrogens is 3. The first-order chi connectivity index (χ1) is 11.1. The molecule has 4 rings (SSSR count). The van der Waals surface area contributed by atoms with Gasteiger partial charge in [-0.2, -0.15) is 4.52 Å². The van der Waals surface area contributed by atoms with Crippen molar-refractivity contribution in [2.24, 2.45) is 5.41 Å². The van der Waals surface area contributed by atoms with Crippen molar-refractivity contribution in [2.75, 3.05) is 11.9 Å². The summed E-state index contributed by atoms with van der Waals surface area (Å²) in [4.78, 5) is 17.3. The molecule has 0 aliphatic heterocycles. The largest absolute Gasteiger partial charge is 0.378 e. The quantitative estimate of drug-likeness (QED) is 0.879. The minimum atomic E-state index is -0.0895. The predicted octanol–water partition coefficient (Wildman–Crippen LogP) is 2.47. The number of aryl methyl sites for hydroxylation is 1. The molecule has 23 heavy (non-hydrogen) atoms. The minimum Gasteiger partial charge on any atom is -0.378 e. The van der Waals surface area contributed by atoms with Crippen LogP contribution in [0.1, 0.15) is 45.2 Å². The SMILES string of the molecule is CCCc1cc(=O)n2nc(NC3CC34CC(OCC)C4)sc2n1. The maximum Gasteiger partial charge on any atom is 0.275 e. The number of fused-ring (bicyclic) bond motifs is 1. The second-order valence-corrected chi connectivity index (χ2v) is 7.64. The summed E-state index contributed by atoms with van der Waals surface area (Å²) in [5.41, 5.74) is 1.17. The molecule has 7 heteroatoms. The van der Waals surface area contributed by atoms with Crippen molar-refractivity contribution in [1.82, 2.24) is 14.6 Å². The zero-order valence-electron chi connectivity index (χ0n) is 13.5. The van der Waals surface area contributed by atoms with Gasteiger partial charge < -0.3 is 10.1 Å². The van der Waals surface area contributed by atoms with Gasteiger partial charge >= 0.3 is 0 Å². The molecule has 124 valence electrons. The van der Waals surface area contributed by atoms with Gasteiger partial charge in [0.25, 0.3) is 5.56 Å². The first-order valence-electron chi connectivity index (χ1n) is 8.41. The van der Waals surface area contributed by atoms with Crippen LogP contribution in [0.2, 0.25) is 0 Å². The summed E-state index contributed by atoms with van der Waals surface area (Å²) in [7, 11) is 0. The van der Waals surface area contributed by atoms with Crippen molar-refractivity contribution in [3.05, 3.63) is 22.1 Å². The molecule has 1 atom stereocenters. The lowest BCUT2D eigenvalue weighted by Crippen LogP contribution is -2.36. The van der Waals surface area contributed by atoms with Gasteiger partial charge in [-0.05, 0) is 38.0 Å². The third-order valence-corrected chi connectivity index (χ3v) is 5.80. The van der Waals surface area contributed by atoms with Crippen molar-refractivity contribution < 1.29 is 4.74 Å². The van der Waals surface area contributed by atoms with Gasteiger partial charge in [0.15, 0.2) is 0 Å². The molecule has 1 spiro atoms. The molecule has 0 amide bonds. The molecule has 2 aromatic heterocycles. The fourth-order valence-corrected chi connectivity index (χ4v) is 4.53. The second-order valence-electron chi connectivity index (χ2n) is 6.69. The maximum absolute atomic E-state index is 12.1. The number of anilines is 1. The number of nitrogens with one attached hydrogen (secondary N) is 1. The lowest BCUT2D eigenvalue weighted by atomic mass is 9.78. The van der Waals surface area contributed by atoms with E-state index in [2.05, 4.69) is 22.3 Å². The van der Waals surface area contributed by atoms with Crippen LogP contribution in [-0.2, 0) is 11.2 Å². The van der Waals surface area contributed by atoms with Gasteiger partial charge in [0.05, 0.1) is 6.10 Å². The summed E-state index contributed by atoms with van der Waals surface area (Å²) in [6.07, 6.45) is 5.71. The van der Waals surface area contributed by atoms with Crippen molar-refractivity contribution in [2.45, 2.75) is 58.1 Å². The number of rotatable bonds is 6. The summed E-state index contributed by atoms with van der Waals surface area (Å²) in [5, 5.41) is 8.68. The molecule has 0 saturated heterocycles. The molecule has 2 fully saturated rings. The van der Waals surface area contributed by atoms with Gasteiger partial charge in [0.1, 0.15) is 0 Å². The molecule has 0 radical (unpaired) electrons. The van der Waals surface area contributed by atoms with E-state index in [0.717, 1.165) is 43.1 Å². The molecule has 2 aliphatic carbocycles. The van der Waals surface area contributed by atoms with E-state index in [9.17, 15) is 4.79 Å². The third kappa shape index (κ3) is 2.65. The van der Waals surface area contributed by atoms with Crippen molar-refractivity contribution in [3.63, 3.8) is 0 Å². The van der Waals surface area contributed by atoms with Crippen LogP contribution in [0.4, 0.5) is 5.13 Å². The van der Waals surface area contributed by atoms with E-state index in [4.69, 9.17) is 4.74 Å². The average Bonchev–Trinajstić information content (AvgIpc) is 3.00. The molecular weight excluding hydrogens is 312 g/mol. The van der Waals surface area contributed by atoms with E-state index in [1.807, 2.05) is 6.92 Å². The smallest absolute Gasteiger partial charge is 0.275 e. The predicted molar refractivity (Wildman–Crippen MR) is 90.2 cm³/mol. The zero-order valence-corrected chi connectivity index (χ0v) is 14.4. The third-order valence-electron chi connectivity index (χ3n) is 4.96. The highest BCUT2D eigenvalue weighted by Gasteiger charge is 2.62. The van der Waals surface area contributed by atoms with E-state index in [-0.39, 0.29) is 5.56 Å². The minimum absolute atomic E-state index is 0.0895. The molecule has 0 bridgehead atoms. The van der Waals surface area contributed by atoms with Crippen LogP contribution in [0, 0.1) is 5.41 Å². The van der Waals surface area contributed by atoms with Crippen molar-refractivity contribution >= 4 is 21.4 Å². The Morgan fingerprint density at radius 1 is 1.43 bits per heavy atom. The summed E-state index contributed by atoms with van der Waals surface area (Å²) in [6, 6.07) is 2.06. The molecule has 1 N–H and O–H groups in total. The highest BCUT2D eigenvalue weighted by molar-refractivity contribution is 7.20. The molecule has 2 aromatic rings. The van der Waals surface area contributed by atoms with Crippen molar-refractivity contribution in [3.8, 4) is 0 Å². The fourth-order valence-electron chi connectivity index (χ4n) is 3.65. The Hall–Kier alpha value is -1.47. The Bertz CT molecular complexity index is 778. The number of hydrogen-bond donors (Lipinski definition) is 1. The number of nitrogens with zero attached hydrogens (tertiary/aromatic N) is 3. The number of ether oxygens (including phenoxy) is 1. The topological polar surface area (TPSA) is 68.5 Å². The van der Waals surface area contributed by atoms with Crippen LogP contribution in [0.25, 0.3) is 4.96 Å². The van der Waals surface area contributed by atoms with Gasteiger partial charge in [-0.25, -0.2) is 4.98 Å². The standard InChI is InChI=1S/C16H22N4O2S/c1-3-5-10-6-13(21)20-15(17-10)23-14(19-20)18-12-9-16(12)7-11(8-16)22-4-2/h6,11-12H,3-5,7-9H2,1-2H3,(H,18,19). The van der Waals surface area contributed by atoms with Crippen LogP contribution in [-0.4, -0.2) is 33.4 Å². The highest BCUT2D eigenvalue weighted by Crippen LogP contribution is 2.62. The number of hydrogen-bond acceptors (Lipinski definition) is 6. The average molecular weight is 334 g/mol. The lowest BCUT2D eigenvalue weighted by molar-refractivity contribution is -0.0355. The van der Waals surface area contributed by atoms with Gasteiger partial charge in [-0.3, -0.25) is 4.79 Å². The van der Waals surface area contributed by atoms with Crippen LogP contribution < -0.4 is 10.9 Å². The van der Waals surface area contributed by atoms with E-state index < -0.39 is 0 Å². The maximum atomic E-state index is 12.1. The molecule has 6 nitrogen and oxygen atoms in total. The Morgan fingerprint density at radius 3 is 3.00 bits per heavy atom. The van der Waals surface area contributed by atoms with Crippen LogP contribution in [0.3, 0.4) is 0 Å². The lowest BCUT2D eigenvalue weighted by Gasteiger charge is -2.36. The Balaban J connectivity index is 1.47. The zero-order chi connectivity index (χ0) is 16.0. The molecular formula is C16H22N4O2S. The van der Waals surface area contributed by atoms with Gasteiger partial charge in [0, 0.05) is 24.4 Å². The molecule has 2 heterocycles. The molecule has 2 saturated carbocycles. The molecule has 0 aromatic carbocycles. The Morgan fingerprint density at radius 2 is 2.26 bits per heavy atom. The van der Waals surface area contributed by atoms with Crippen LogP contribution in [0.5, 0.6) is 0 Å².